The first-order chi connectivity index (χ1) is 8.15. The lowest BCUT2D eigenvalue weighted by molar-refractivity contribution is 0.185. The summed E-state index contributed by atoms with van der Waals surface area (Å²) in [6.45, 7) is 0.303. The van der Waals surface area contributed by atoms with Gasteiger partial charge in [0.05, 0.1) is 24.1 Å². The Kier molecular flexibility index (Phi) is 3.06. The van der Waals surface area contributed by atoms with Crippen LogP contribution in [0.25, 0.3) is 10.9 Å². The highest BCUT2D eigenvalue weighted by Gasteiger charge is 2.10. The van der Waals surface area contributed by atoms with E-state index in [2.05, 4.69) is 4.98 Å². The van der Waals surface area contributed by atoms with Crippen molar-refractivity contribution in [2.24, 2.45) is 0 Å². The van der Waals surface area contributed by atoms with E-state index in [1.165, 1.54) is 25.3 Å². The van der Waals surface area contributed by atoms with E-state index in [0.29, 0.717) is 0 Å². The Balaban J connectivity index is 2.74. The predicted molar refractivity (Wildman–Crippen MR) is 60.7 cm³/mol. The molecule has 0 unspecified atom stereocenters. The molecule has 1 N–H and O–H groups in total. The topological polar surface area (TPSA) is 64.1 Å². The number of methoxy groups -OCH3 is 1. The van der Waals surface area contributed by atoms with Gasteiger partial charge in [0.2, 0.25) is 0 Å². The fourth-order valence-corrected chi connectivity index (χ4v) is 1.64. The van der Waals surface area contributed by atoms with Gasteiger partial charge < -0.3 is 9.72 Å². The molecular formula is C11H11FN2O3. The van der Waals surface area contributed by atoms with Crippen LogP contribution in [0.5, 0.6) is 0 Å². The molecule has 0 saturated carbocycles. The number of benzene rings is 1. The summed E-state index contributed by atoms with van der Waals surface area (Å²) in [5.74, 6) is -0.644. The van der Waals surface area contributed by atoms with E-state index in [0.717, 1.165) is 4.57 Å². The van der Waals surface area contributed by atoms with E-state index in [1.807, 2.05) is 0 Å². The van der Waals surface area contributed by atoms with Crippen LogP contribution in [0.3, 0.4) is 0 Å². The Hall–Kier alpha value is -1.95. The van der Waals surface area contributed by atoms with Gasteiger partial charge in [-0.25, -0.2) is 9.18 Å². The van der Waals surface area contributed by atoms with Gasteiger partial charge in [-0.05, 0) is 12.1 Å². The molecule has 0 atom stereocenters. The van der Waals surface area contributed by atoms with Gasteiger partial charge in [-0.1, -0.05) is 6.07 Å². The summed E-state index contributed by atoms with van der Waals surface area (Å²) in [6.07, 6.45) is 0. The van der Waals surface area contributed by atoms with Crippen LogP contribution in [0.2, 0.25) is 0 Å². The normalized spacial score (nSPS) is 10.9. The summed E-state index contributed by atoms with van der Waals surface area (Å²) in [7, 11) is 1.46. The Morgan fingerprint density at radius 3 is 2.88 bits per heavy atom. The zero-order valence-electron chi connectivity index (χ0n) is 9.20. The number of hydrogen-bond acceptors (Lipinski definition) is 3. The van der Waals surface area contributed by atoms with Crippen molar-refractivity contribution in [3.8, 4) is 0 Å². The number of hydrogen-bond donors (Lipinski definition) is 1. The van der Waals surface area contributed by atoms with E-state index in [-0.39, 0.29) is 24.1 Å². The molecule has 2 rings (SSSR count). The molecule has 0 aliphatic heterocycles. The quantitative estimate of drug-likeness (QED) is 0.845. The maximum absolute atomic E-state index is 13.5. The number of nitrogens with one attached hydrogen (secondary N) is 1. The molecule has 0 saturated heterocycles. The molecule has 1 aromatic carbocycles. The number of ether oxygens (including phenoxy) is 1. The van der Waals surface area contributed by atoms with Gasteiger partial charge in [-0.3, -0.25) is 9.36 Å². The molecule has 0 bridgehead atoms. The fraction of sp³-hybridized carbons (Fsp3) is 0.273. The van der Waals surface area contributed by atoms with Crippen LogP contribution in [0.1, 0.15) is 0 Å². The van der Waals surface area contributed by atoms with Gasteiger partial charge in [0, 0.05) is 7.11 Å². The lowest BCUT2D eigenvalue weighted by Crippen LogP contribution is -2.36. The fourth-order valence-electron chi connectivity index (χ4n) is 1.64. The van der Waals surface area contributed by atoms with Crippen LogP contribution in [-0.2, 0) is 11.3 Å². The van der Waals surface area contributed by atoms with Crippen LogP contribution in [-0.4, -0.2) is 23.3 Å². The van der Waals surface area contributed by atoms with Crippen molar-refractivity contribution >= 4 is 10.9 Å². The number of nitrogens with zero attached hydrogens (tertiary/aromatic N) is 1. The van der Waals surface area contributed by atoms with Gasteiger partial charge >= 0.3 is 5.69 Å². The monoisotopic (exact) mass is 238 g/mol. The molecule has 17 heavy (non-hydrogen) atoms. The average molecular weight is 238 g/mol. The molecule has 2 aromatic rings. The van der Waals surface area contributed by atoms with Crippen molar-refractivity contribution in [1.29, 1.82) is 0 Å². The second-order valence-electron chi connectivity index (χ2n) is 3.54. The highest BCUT2D eigenvalue weighted by Crippen LogP contribution is 2.09. The lowest BCUT2D eigenvalue weighted by Gasteiger charge is -2.05. The van der Waals surface area contributed by atoms with E-state index < -0.39 is 17.1 Å². The molecule has 1 aromatic heterocycles. The van der Waals surface area contributed by atoms with Crippen LogP contribution >= 0.6 is 0 Å². The minimum Gasteiger partial charge on any atom is -0.383 e. The van der Waals surface area contributed by atoms with E-state index >= 15 is 0 Å². The standard InChI is InChI=1S/C11H11FN2O3/c1-17-6-5-14-10(15)9-7(12)3-2-4-8(9)13-11(14)16/h2-4H,5-6H2,1H3,(H,13,16). The number of H-pyrrole nitrogens is 1. The van der Waals surface area contributed by atoms with Crippen molar-refractivity contribution < 1.29 is 9.13 Å². The van der Waals surface area contributed by atoms with Crippen molar-refractivity contribution in [2.75, 3.05) is 13.7 Å². The first-order valence-electron chi connectivity index (χ1n) is 5.05. The first-order valence-corrected chi connectivity index (χ1v) is 5.05. The van der Waals surface area contributed by atoms with E-state index in [1.54, 1.807) is 0 Å². The molecular weight excluding hydrogens is 227 g/mol. The summed E-state index contributed by atoms with van der Waals surface area (Å²) in [5.41, 5.74) is -1.00. The molecule has 6 heteroatoms. The van der Waals surface area contributed by atoms with Crippen molar-refractivity contribution in [1.82, 2.24) is 9.55 Å². The Labute approximate surface area is 95.5 Å². The molecule has 0 fully saturated rings. The molecule has 0 radical (unpaired) electrons. The summed E-state index contributed by atoms with van der Waals surface area (Å²) in [5, 5.41) is -0.108. The number of rotatable bonds is 3. The summed E-state index contributed by atoms with van der Waals surface area (Å²) in [6, 6.07) is 4.11. The van der Waals surface area contributed by atoms with Gasteiger partial charge in [0.25, 0.3) is 5.56 Å². The molecule has 0 spiro atoms. The zero-order valence-corrected chi connectivity index (χ0v) is 9.20. The Morgan fingerprint density at radius 2 is 2.18 bits per heavy atom. The maximum Gasteiger partial charge on any atom is 0.328 e. The minimum absolute atomic E-state index is 0.0922. The third-order valence-corrected chi connectivity index (χ3v) is 2.48. The highest BCUT2D eigenvalue weighted by molar-refractivity contribution is 5.77. The Morgan fingerprint density at radius 1 is 1.41 bits per heavy atom. The number of halogens is 1. The largest absolute Gasteiger partial charge is 0.383 e. The van der Waals surface area contributed by atoms with Crippen LogP contribution < -0.4 is 11.2 Å². The molecule has 90 valence electrons. The maximum atomic E-state index is 13.5. The molecule has 0 aliphatic rings. The third-order valence-electron chi connectivity index (χ3n) is 2.48. The molecule has 1 heterocycles. The average Bonchev–Trinajstić information content (AvgIpc) is 2.28. The van der Waals surface area contributed by atoms with Crippen LogP contribution in [0.4, 0.5) is 4.39 Å². The highest BCUT2D eigenvalue weighted by atomic mass is 19.1. The molecule has 0 aliphatic carbocycles. The number of aromatic amines is 1. The Bertz CT molecular complexity index is 660. The minimum atomic E-state index is -0.644. The number of fused-ring (bicyclic) bond motifs is 1. The van der Waals surface area contributed by atoms with E-state index in [9.17, 15) is 14.0 Å². The zero-order chi connectivity index (χ0) is 12.4. The summed E-state index contributed by atoms with van der Waals surface area (Å²) >= 11 is 0. The second kappa shape index (κ2) is 4.50. The smallest absolute Gasteiger partial charge is 0.328 e. The summed E-state index contributed by atoms with van der Waals surface area (Å²) in [4.78, 5) is 26.0. The predicted octanol–water partition coefficient (Wildman–Crippen LogP) is 0.475. The first kappa shape index (κ1) is 11.5. The van der Waals surface area contributed by atoms with Crippen LogP contribution in [0, 0.1) is 5.82 Å². The SMILES string of the molecule is COCCn1c(=O)[nH]c2cccc(F)c2c1=O. The van der Waals surface area contributed by atoms with Crippen molar-refractivity contribution in [3.05, 3.63) is 44.9 Å². The van der Waals surface area contributed by atoms with Crippen molar-refractivity contribution in [2.45, 2.75) is 6.54 Å². The van der Waals surface area contributed by atoms with Crippen molar-refractivity contribution in [3.63, 3.8) is 0 Å². The van der Waals surface area contributed by atoms with Gasteiger partial charge in [0.1, 0.15) is 5.82 Å². The van der Waals surface area contributed by atoms with E-state index in [4.69, 9.17) is 4.74 Å². The van der Waals surface area contributed by atoms with Gasteiger partial charge in [-0.15, -0.1) is 0 Å². The lowest BCUT2D eigenvalue weighted by atomic mass is 10.2. The third kappa shape index (κ3) is 1.99. The molecule has 5 nitrogen and oxygen atoms in total. The van der Waals surface area contributed by atoms with Gasteiger partial charge in [0.15, 0.2) is 0 Å². The summed E-state index contributed by atoms with van der Waals surface area (Å²) < 4.78 is 19.2. The molecule has 0 amide bonds. The van der Waals surface area contributed by atoms with Crippen LogP contribution in [0.15, 0.2) is 27.8 Å². The van der Waals surface area contributed by atoms with Gasteiger partial charge in [-0.2, -0.15) is 0 Å². The second-order valence-corrected chi connectivity index (χ2v) is 3.54. The number of aromatic nitrogens is 2.